The Labute approximate surface area is 241 Å². The number of aromatic nitrogens is 9. The van der Waals surface area contributed by atoms with E-state index in [2.05, 4.69) is 82.3 Å². The minimum absolute atomic E-state index is 0.822. The van der Waals surface area contributed by atoms with Crippen LogP contribution in [-0.4, -0.2) is 44.9 Å². The monoisotopic (exact) mass is 543 g/mol. The lowest BCUT2D eigenvalue weighted by atomic mass is 9.93. The van der Waals surface area contributed by atoms with Crippen molar-refractivity contribution in [2.45, 2.75) is 0 Å². The quantitative estimate of drug-likeness (QED) is 0.240. The molecule has 0 aliphatic carbocycles. The molecule has 0 saturated heterocycles. The van der Waals surface area contributed by atoms with Crippen LogP contribution >= 0.6 is 0 Å². The van der Waals surface area contributed by atoms with Crippen molar-refractivity contribution in [3.05, 3.63) is 130 Å². The van der Waals surface area contributed by atoms with Crippen molar-refractivity contribution in [3.8, 4) is 66.9 Å². The maximum atomic E-state index is 4.76. The zero-order valence-electron chi connectivity index (χ0n) is 22.1. The minimum atomic E-state index is 0.822. The van der Waals surface area contributed by atoms with Gasteiger partial charge in [-0.2, -0.15) is 0 Å². The van der Waals surface area contributed by atoms with E-state index in [1.165, 1.54) is 25.3 Å². The maximum Gasteiger partial charge on any atom is 0.115 e. The van der Waals surface area contributed by atoms with E-state index in [1.54, 1.807) is 24.8 Å². The molecule has 0 aliphatic rings. The third kappa shape index (κ3) is 5.22. The molecule has 0 atom stereocenters. The van der Waals surface area contributed by atoms with Crippen LogP contribution in [0.25, 0.3) is 66.9 Å². The summed E-state index contributed by atoms with van der Waals surface area (Å²) in [6, 6.07) is 16.8. The molecule has 2 aromatic carbocycles. The fourth-order valence-electron chi connectivity index (χ4n) is 4.80. The van der Waals surface area contributed by atoms with Gasteiger partial charge in [-0.15, -0.1) is 0 Å². The molecule has 0 bridgehead atoms. The molecule has 198 valence electrons. The summed E-state index contributed by atoms with van der Waals surface area (Å²) in [6.07, 6.45) is 22.4. The minimum Gasteiger partial charge on any atom is -0.256 e. The van der Waals surface area contributed by atoms with Crippen LogP contribution in [0.15, 0.2) is 130 Å². The van der Waals surface area contributed by atoms with E-state index in [9.17, 15) is 0 Å². The van der Waals surface area contributed by atoms with Gasteiger partial charge in [-0.3, -0.25) is 4.98 Å². The van der Waals surface area contributed by atoms with Crippen LogP contribution in [0.5, 0.6) is 0 Å². The summed E-state index contributed by atoms with van der Waals surface area (Å²) in [6.45, 7) is 0. The first-order valence-electron chi connectivity index (χ1n) is 13.1. The van der Waals surface area contributed by atoms with Crippen molar-refractivity contribution < 1.29 is 0 Å². The first kappa shape index (κ1) is 24.9. The predicted octanol–water partition coefficient (Wildman–Crippen LogP) is 6.24. The zero-order chi connectivity index (χ0) is 28.1. The van der Waals surface area contributed by atoms with Gasteiger partial charge in [0.25, 0.3) is 0 Å². The van der Waals surface area contributed by atoms with E-state index in [0.717, 1.165) is 66.9 Å². The van der Waals surface area contributed by atoms with Crippen LogP contribution in [-0.2, 0) is 0 Å². The van der Waals surface area contributed by atoms with Gasteiger partial charge in [-0.25, -0.2) is 39.9 Å². The molecule has 9 nitrogen and oxygen atoms in total. The van der Waals surface area contributed by atoms with Gasteiger partial charge in [0.05, 0.1) is 5.69 Å². The number of hydrogen-bond donors (Lipinski definition) is 0. The topological polar surface area (TPSA) is 116 Å². The summed E-state index contributed by atoms with van der Waals surface area (Å²) in [5.41, 5.74) is 11.3. The largest absolute Gasteiger partial charge is 0.256 e. The highest BCUT2D eigenvalue weighted by molar-refractivity contribution is 5.83. The number of pyridine rings is 1. The maximum absolute atomic E-state index is 4.76. The summed E-state index contributed by atoms with van der Waals surface area (Å²) in [5, 5.41) is 0. The summed E-state index contributed by atoms with van der Waals surface area (Å²) >= 11 is 0. The molecule has 7 aromatic rings. The van der Waals surface area contributed by atoms with Crippen molar-refractivity contribution in [1.29, 1.82) is 0 Å². The Morgan fingerprint density at radius 3 is 0.952 bits per heavy atom. The van der Waals surface area contributed by atoms with Crippen LogP contribution in [0.3, 0.4) is 0 Å². The van der Waals surface area contributed by atoms with Crippen molar-refractivity contribution in [2.75, 3.05) is 0 Å². The van der Waals surface area contributed by atoms with Gasteiger partial charge >= 0.3 is 0 Å². The van der Waals surface area contributed by atoms with Crippen molar-refractivity contribution in [1.82, 2.24) is 44.9 Å². The lowest BCUT2D eigenvalue weighted by molar-refractivity contribution is 1.17. The van der Waals surface area contributed by atoms with E-state index in [4.69, 9.17) is 4.98 Å². The van der Waals surface area contributed by atoms with Gasteiger partial charge in [0, 0.05) is 83.6 Å². The third-order valence-electron chi connectivity index (χ3n) is 6.83. The Morgan fingerprint density at radius 2 is 0.595 bits per heavy atom. The fourth-order valence-corrected chi connectivity index (χ4v) is 4.80. The van der Waals surface area contributed by atoms with Crippen LogP contribution in [0, 0.1) is 0 Å². The molecule has 9 heteroatoms. The Hall–Kier alpha value is -6.09. The molecule has 5 aromatic heterocycles. The smallest absolute Gasteiger partial charge is 0.115 e. The second kappa shape index (κ2) is 11.2. The SMILES string of the molecule is c1ncc(-c2cc(-c3cncnc3)cc(-c3ccnc(-c4cc(-c5cncnc5)cc(-c5cncnc5)c4)c3)c2)cn1. The zero-order valence-corrected chi connectivity index (χ0v) is 22.1. The molecule has 0 spiro atoms. The Balaban J connectivity index is 1.37. The molecule has 0 fully saturated rings. The molecule has 42 heavy (non-hydrogen) atoms. The van der Waals surface area contributed by atoms with Crippen molar-refractivity contribution >= 4 is 0 Å². The third-order valence-corrected chi connectivity index (χ3v) is 6.83. The van der Waals surface area contributed by atoms with Crippen molar-refractivity contribution in [3.63, 3.8) is 0 Å². The average molecular weight is 544 g/mol. The first-order chi connectivity index (χ1) is 20.8. The Morgan fingerprint density at radius 1 is 0.286 bits per heavy atom. The normalized spacial score (nSPS) is 10.9. The Bertz CT molecular complexity index is 1710. The fraction of sp³-hybridized carbons (Fsp3) is 0. The molecule has 0 unspecified atom stereocenters. The van der Waals surface area contributed by atoms with Crippen LogP contribution in [0.1, 0.15) is 0 Å². The van der Waals surface area contributed by atoms with Crippen LogP contribution in [0.4, 0.5) is 0 Å². The molecular weight excluding hydrogens is 522 g/mol. The number of benzene rings is 2. The standard InChI is InChI=1S/C33H21N9/c1-2-42-33(28-7-26(31-14-38-20-39-15-31)6-27(8-28)32-16-40-21-41-17-32)9-22(1)23-3-24(29-10-34-18-35-11-29)5-25(4-23)30-12-36-19-37-13-30/h1-21H. The van der Waals surface area contributed by atoms with Gasteiger partial charge in [0.1, 0.15) is 25.3 Å². The highest BCUT2D eigenvalue weighted by Gasteiger charge is 2.12. The molecule has 0 amide bonds. The lowest BCUT2D eigenvalue weighted by Gasteiger charge is -2.13. The average Bonchev–Trinajstić information content (AvgIpc) is 3.09. The second-order valence-electron chi connectivity index (χ2n) is 9.54. The van der Waals surface area contributed by atoms with E-state index in [-0.39, 0.29) is 0 Å². The molecule has 0 aliphatic heterocycles. The summed E-state index contributed by atoms with van der Waals surface area (Å²) in [5.74, 6) is 0. The van der Waals surface area contributed by atoms with E-state index in [0.29, 0.717) is 0 Å². The Kier molecular flexibility index (Phi) is 6.63. The van der Waals surface area contributed by atoms with Crippen LogP contribution in [0.2, 0.25) is 0 Å². The first-order valence-corrected chi connectivity index (χ1v) is 13.1. The highest BCUT2D eigenvalue weighted by atomic mass is 14.8. The molecule has 0 radical (unpaired) electrons. The predicted molar refractivity (Wildman–Crippen MR) is 159 cm³/mol. The van der Waals surface area contributed by atoms with Gasteiger partial charge in [-0.05, 0) is 81.9 Å². The summed E-state index contributed by atoms with van der Waals surface area (Å²) in [7, 11) is 0. The lowest BCUT2D eigenvalue weighted by Crippen LogP contribution is -1.92. The number of hydrogen-bond acceptors (Lipinski definition) is 9. The van der Waals surface area contributed by atoms with Gasteiger partial charge < -0.3 is 0 Å². The van der Waals surface area contributed by atoms with E-state index in [1.807, 2.05) is 37.1 Å². The highest BCUT2D eigenvalue weighted by Crippen LogP contribution is 2.35. The molecule has 7 rings (SSSR count). The van der Waals surface area contributed by atoms with E-state index < -0.39 is 0 Å². The van der Waals surface area contributed by atoms with E-state index >= 15 is 0 Å². The molecule has 0 N–H and O–H groups in total. The van der Waals surface area contributed by atoms with Crippen molar-refractivity contribution in [2.24, 2.45) is 0 Å². The second-order valence-corrected chi connectivity index (χ2v) is 9.54. The van der Waals surface area contributed by atoms with Crippen LogP contribution < -0.4 is 0 Å². The molecule has 5 heterocycles. The summed E-state index contributed by atoms with van der Waals surface area (Å²) < 4.78 is 0. The van der Waals surface area contributed by atoms with Gasteiger partial charge in [0.15, 0.2) is 0 Å². The van der Waals surface area contributed by atoms with Gasteiger partial charge in [-0.1, -0.05) is 0 Å². The number of rotatable bonds is 6. The van der Waals surface area contributed by atoms with Gasteiger partial charge in [0.2, 0.25) is 0 Å². The molecule has 0 saturated carbocycles. The summed E-state index contributed by atoms with van der Waals surface area (Å²) in [4.78, 5) is 38.5. The number of nitrogens with zero attached hydrogens (tertiary/aromatic N) is 9. The molecular formula is C33H21N9.